The van der Waals surface area contributed by atoms with Crippen molar-refractivity contribution in [1.29, 1.82) is 5.26 Å². The third kappa shape index (κ3) is 5.33. The highest BCUT2D eigenvalue weighted by molar-refractivity contribution is 7.25. The van der Waals surface area contributed by atoms with E-state index in [4.69, 9.17) is 9.97 Å². The van der Waals surface area contributed by atoms with Crippen LogP contribution < -0.4 is 0 Å². The van der Waals surface area contributed by atoms with Crippen LogP contribution in [0.5, 0.6) is 0 Å². The number of hydrogen-bond donors (Lipinski definition) is 0. The van der Waals surface area contributed by atoms with E-state index in [9.17, 15) is 5.26 Å². The second kappa shape index (κ2) is 12.0. The van der Waals surface area contributed by atoms with Crippen LogP contribution in [0.2, 0.25) is 0 Å². The first kappa shape index (κ1) is 28.8. The molecule has 9 rings (SSSR count). The van der Waals surface area contributed by atoms with Gasteiger partial charge in [0.05, 0.1) is 23.0 Å². The molecule has 0 fully saturated rings. The van der Waals surface area contributed by atoms with E-state index in [-0.39, 0.29) is 0 Å². The summed E-state index contributed by atoms with van der Waals surface area (Å²) in [6, 6.07) is 59.3. The van der Waals surface area contributed by atoms with Crippen molar-refractivity contribution < 1.29 is 0 Å². The summed E-state index contributed by atoms with van der Waals surface area (Å²) in [5.41, 5.74) is 9.26. The van der Waals surface area contributed by atoms with Gasteiger partial charge >= 0.3 is 0 Å². The molecule has 0 unspecified atom stereocenters. The number of hydrogen-bond acceptors (Lipinski definition) is 4. The summed E-state index contributed by atoms with van der Waals surface area (Å²) in [7, 11) is 0. The van der Waals surface area contributed by atoms with Gasteiger partial charge in [0, 0.05) is 36.9 Å². The van der Waals surface area contributed by atoms with Gasteiger partial charge in [-0.05, 0) is 87.6 Å². The van der Waals surface area contributed by atoms with Gasteiger partial charge in [0.25, 0.3) is 0 Å². The van der Waals surface area contributed by atoms with Crippen LogP contribution in [0.3, 0.4) is 0 Å². The Kier molecular flexibility index (Phi) is 7.04. The Bertz CT molecular complexity index is 2740. The molecule has 2 heterocycles. The lowest BCUT2D eigenvalue weighted by atomic mass is 9.93. The van der Waals surface area contributed by atoms with Crippen LogP contribution in [-0.2, 0) is 0 Å². The molecule has 2 aromatic heterocycles. The van der Waals surface area contributed by atoms with Crippen molar-refractivity contribution in [1.82, 2.24) is 9.97 Å². The van der Waals surface area contributed by atoms with Crippen LogP contribution in [0.25, 0.3) is 87.1 Å². The molecule has 0 spiro atoms. The molecule has 9 aromatic rings. The molecule has 0 aliphatic carbocycles. The second-order valence-electron chi connectivity index (χ2n) is 12.2. The summed E-state index contributed by atoms with van der Waals surface area (Å²) in [5, 5.41) is 14.9. The molecular formula is C45H27N3S. The summed E-state index contributed by atoms with van der Waals surface area (Å²) in [5.74, 6) is 0.615. The van der Waals surface area contributed by atoms with Gasteiger partial charge in [-0.15, -0.1) is 11.3 Å². The van der Waals surface area contributed by atoms with E-state index in [1.807, 2.05) is 72.0 Å². The van der Waals surface area contributed by atoms with Crippen LogP contribution in [0, 0.1) is 11.3 Å². The van der Waals surface area contributed by atoms with Crippen LogP contribution in [0.15, 0.2) is 164 Å². The molecule has 228 valence electrons. The highest BCUT2D eigenvalue weighted by Gasteiger charge is 2.16. The fraction of sp³-hybridized carbons (Fsp3) is 0. The Morgan fingerprint density at radius 1 is 0.429 bits per heavy atom. The maximum Gasteiger partial charge on any atom is 0.160 e. The zero-order valence-corrected chi connectivity index (χ0v) is 27.2. The highest BCUT2D eigenvalue weighted by atomic mass is 32.1. The smallest absolute Gasteiger partial charge is 0.160 e. The molecular weight excluding hydrogens is 615 g/mol. The fourth-order valence-corrected chi connectivity index (χ4v) is 7.72. The number of aromatic nitrogens is 2. The van der Waals surface area contributed by atoms with E-state index in [1.165, 1.54) is 30.9 Å². The number of rotatable bonds is 5. The Hall–Kier alpha value is -6.41. The van der Waals surface area contributed by atoms with Crippen LogP contribution in [0.4, 0.5) is 0 Å². The normalized spacial score (nSPS) is 11.2. The van der Waals surface area contributed by atoms with E-state index in [2.05, 4.69) is 109 Å². The van der Waals surface area contributed by atoms with Gasteiger partial charge in [-0.2, -0.15) is 5.26 Å². The first-order valence-corrected chi connectivity index (χ1v) is 17.0. The standard InChI is InChI=1S/C45H27N3S/c46-28-34-14-6-7-15-38(34)42-27-41(47-45(48-42)30-11-2-1-3-12-30)37-24-35(32-19-18-29-10-4-5-13-31(29)22-32)23-36(25-37)33-20-21-44-40(26-33)39-16-8-9-17-43(39)49-44/h1-27H. The van der Waals surface area contributed by atoms with Crippen molar-refractivity contribution in [3.8, 4) is 62.2 Å². The van der Waals surface area contributed by atoms with E-state index in [0.29, 0.717) is 17.1 Å². The number of benzene rings is 7. The molecule has 0 atom stereocenters. The first-order valence-electron chi connectivity index (χ1n) is 16.2. The number of nitrogens with zero attached hydrogens (tertiary/aromatic N) is 3. The average molecular weight is 642 g/mol. The molecule has 0 amide bonds. The molecule has 49 heavy (non-hydrogen) atoms. The Balaban J connectivity index is 1.29. The predicted octanol–water partition coefficient (Wildman–Crippen LogP) is 12.2. The third-order valence-electron chi connectivity index (χ3n) is 9.10. The summed E-state index contributed by atoms with van der Waals surface area (Å²) in [6.07, 6.45) is 0. The van der Waals surface area contributed by atoms with Crippen LogP contribution >= 0.6 is 11.3 Å². The van der Waals surface area contributed by atoms with Crippen LogP contribution in [0.1, 0.15) is 5.56 Å². The van der Waals surface area contributed by atoms with Crippen molar-refractivity contribution in [2.24, 2.45) is 0 Å². The lowest BCUT2D eigenvalue weighted by molar-refractivity contribution is 1.18. The van der Waals surface area contributed by atoms with Crippen molar-refractivity contribution in [2.75, 3.05) is 0 Å². The lowest BCUT2D eigenvalue weighted by Crippen LogP contribution is -1.97. The Labute approximate surface area is 288 Å². The Morgan fingerprint density at radius 3 is 1.94 bits per heavy atom. The number of thiophene rings is 1. The van der Waals surface area contributed by atoms with Crippen molar-refractivity contribution in [2.45, 2.75) is 0 Å². The topological polar surface area (TPSA) is 49.6 Å². The van der Waals surface area contributed by atoms with Gasteiger partial charge in [-0.25, -0.2) is 9.97 Å². The number of nitriles is 1. The van der Waals surface area contributed by atoms with Gasteiger partial charge in [-0.3, -0.25) is 0 Å². The lowest BCUT2D eigenvalue weighted by Gasteiger charge is -2.14. The quantitative estimate of drug-likeness (QED) is 0.188. The monoisotopic (exact) mass is 641 g/mol. The maximum atomic E-state index is 9.99. The van der Waals surface area contributed by atoms with Crippen molar-refractivity contribution >= 4 is 42.3 Å². The fourth-order valence-electron chi connectivity index (χ4n) is 6.64. The predicted molar refractivity (Wildman–Crippen MR) is 204 cm³/mol. The first-order chi connectivity index (χ1) is 24.2. The van der Waals surface area contributed by atoms with Gasteiger partial charge in [0.1, 0.15) is 0 Å². The molecule has 0 N–H and O–H groups in total. The highest BCUT2D eigenvalue weighted by Crippen LogP contribution is 2.39. The van der Waals surface area contributed by atoms with E-state index in [1.54, 1.807) is 0 Å². The molecule has 0 aliphatic heterocycles. The van der Waals surface area contributed by atoms with Crippen LogP contribution in [-0.4, -0.2) is 9.97 Å². The zero-order chi connectivity index (χ0) is 32.7. The Morgan fingerprint density at radius 2 is 1.08 bits per heavy atom. The largest absolute Gasteiger partial charge is 0.228 e. The SMILES string of the molecule is N#Cc1ccccc1-c1cc(-c2cc(-c3ccc4ccccc4c3)cc(-c3ccc4sc5ccccc5c4c3)c2)nc(-c2ccccc2)n1. The summed E-state index contributed by atoms with van der Waals surface area (Å²) in [4.78, 5) is 10.2. The molecule has 0 saturated heterocycles. The summed E-state index contributed by atoms with van der Waals surface area (Å²) < 4.78 is 2.57. The summed E-state index contributed by atoms with van der Waals surface area (Å²) >= 11 is 1.83. The van der Waals surface area contributed by atoms with Gasteiger partial charge in [0.2, 0.25) is 0 Å². The molecule has 0 radical (unpaired) electrons. The van der Waals surface area contributed by atoms with E-state index < -0.39 is 0 Å². The summed E-state index contributed by atoms with van der Waals surface area (Å²) in [6.45, 7) is 0. The van der Waals surface area contributed by atoms with Gasteiger partial charge in [0.15, 0.2) is 5.82 Å². The molecule has 0 saturated carbocycles. The van der Waals surface area contributed by atoms with E-state index in [0.717, 1.165) is 44.6 Å². The molecule has 4 heteroatoms. The number of fused-ring (bicyclic) bond motifs is 4. The zero-order valence-electron chi connectivity index (χ0n) is 26.3. The van der Waals surface area contributed by atoms with Crippen molar-refractivity contribution in [3.63, 3.8) is 0 Å². The van der Waals surface area contributed by atoms with Gasteiger partial charge in [-0.1, -0.05) is 109 Å². The molecule has 3 nitrogen and oxygen atoms in total. The maximum absolute atomic E-state index is 9.99. The van der Waals surface area contributed by atoms with Gasteiger partial charge < -0.3 is 0 Å². The molecule has 0 aliphatic rings. The minimum absolute atomic E-state index is 0.577. The average Bonchev–Trinajstić information content (AvgIpc) is 3.55. The minimum atomic E-state index is 0.577. The molecule has 7 aromatic carbocycles. The van der Waals surface area contributed by atoms with E-state index >= 15 is 0 Å². The minimum Gasteiger partial charge on any atom is -0.228 e. The second-order valence-corrected chi connectivity index (χ2v) is 13.2. The van der Waals surface area contributed by atoms with Crippen molar-refractivity contribution in [3.05, 3.63) is 169 Å². The molecule has 0 bridgehead atoms. The third-order valence-corrected chi connectivity index (χ3v) is 10.3.